The predicted octanol–water partition coefficient (Wildman–Crippen LogP) is 2.99. The number of anilines is 1. The summed E-state index contributed by atoms with van der Waals surface area (Å²) in [5.41, 5.74) is 1.81. The van der Waals surface area contributed by atoms with E-state index in [9.17, 15) is 14.4 Å². The smallest absolute Gasteiger partial charge is 0.253 e. The number of nitrogens with zero attached hydrogens (tertiary/aromatic N) is 1. The first kappa shape index (κ1) is 19.7. The third-order valence-electron chi connectivity index (χ3n) is 3.89. The first-order valence-corrected chi connectivity index (χ1v) is 9.49. The number of carbonyl (C=O) groups excluding carboxylic acids is 3. The minimum absolute atomic E-state index is 0.0241. The summed E-state index contributed by atoms with van der Waals surface area (Å²) in [7, 11) is 0. The van der Waals surface area contributed by atoms with E-state index in [1.807, 2.05) is 19.2 Å². The highest BCUT2D eigenvalue weighted by atomic mass is 32.1. The average molecular weight is 373 g/mol. The predicted molar refractivity (Wildman–Crippen MR) is 104 cm³/mol. The van der Waals surface area contributed by atoms with Crippen molar-refractivity contribution >= 4 is 34.7 Å². The van der Waals surface area contributed by atoms with Gasteiger partial charge in [-0.15, -0.1) is 0 Å². The molecule has 26 heavy (non-hydrogen) atoms. The first-order valence-electron chi connectivity index (χ1n) is 8.54. The van der Waals surface area contributed by atoms with Gasteiger partial charge in [-0.05, 0) is 49.6 Å². The average Bonchev–Trinajstić information content (AvgIpc) is 3.18. The Morgan fingerprint density at radius 2 is 1.69 bits per heavy atom. The molecule has 2 N–H and O–H groups in total. The first-order chi connectivity index (χ1) is 12.5. The maximum Gasteiger partial charge on any atom is 0.253 e. The highest BCUT2D eigenvalue weighted by molar-refractivity contribution is 7.08. The molecule has 0 aliphatic heterocycles. The molecule has 0 aliphatic carbocycles. The number of hydrogen-bond donors (Lipinski definition) is 2. The van der Waals surface area contributed by atoms with Crippen molar-refractivity contribution in [1.82, 2.24) is 10.2 Å². The van der Waals surface area contributed by atoms with Crippen LogP contribution in [0.3, 0.4) is 0 Å². The molecule has 0 aliphatic rings. The number of hydrogen-bond acceptors (Lipinski definition) is 4. The van der Waals surface area contributed by atoms with Crippen molar-refractivity contribution in [3.8, 4) is 0 Å². The Hall–Kier alpha value is -2.67. The summed E-state index contributed by atoms with van der Waals surface area (Å²) < 4.78 is 0. The topological polar surface area (TPSA) is 78.5 Å². The molecule has 1 aromatic carbocycles. The summed E-state index contributed by atoms with van der Waals surface area (Å²) >= 11 is 1.45. The van der Waals surface area contributed by atoms with E-state index in [0.717, 1.165) is 0 Å². The summed E-state index contributed by atoms with van der Waals surface area (Å²) in [5, 5.41) is 9.06. The largest absolute Gasteiger partial charge is 0.351 e. The van der Waals surface area contributed by atoms with Crippen LogP contribution in [0.4, 0.5) is 5.69 Å². The van der Waals surface area contributed by atoms with Crippen molar-refractivity contribution in [2.75, 3.05) is 25.0 Å². The van der Waals surface area contributed by atoms with Crippen molar-refractivity contribution in [3.63, 3.8) is 0 Å². The Morgan fingerprint density at radius 1 is 1.00 bits per heavy atom. The molecule has 0 bridgehead atoms. The zero-order chi connectivity index (χ0) is 18.9. The minimum Gasteiger partial charge on any atom is -0.351 e. The summed E-state index contributed by atoms with van der Waals surface area (Å²) in [5.74, 6) is -0.402. The van der Waals surface area contributed by atoms with E-state index in [1.165, 1.54) is 11.3 Å². The summed E-state index contributed by atoms with van der Waals surface area (Å²) in [4.78, 5) is 37.7. The van der Waals surface area contributed by atoms with Gasteiger partial charge in [0, 0.05) is 48.2 Å². The van der Waals surface area contributed by atoms with E-state index in [4.69, 9.17) is 0 Å². The molecule has 0 spiro atoms. The van der Waals surface area contributed by atoms with Crippen LogP contribution in [0.2, 0.25) is 0 Å². The Balaban J connectivity index is 1.80. The molecule has 2 aromatic rings. The van der Waals surface area contributed by atoms with Crippen molar-refractivity contribution in [2.24, 2.45) is 0 Å². The number of benzene rings is 1. The molecule has 0 atom stereocenters. The number of carbonyl (C=O) groups is 3. The third-order valence-corrected chi connectivity index (χ3v) is 4.57. The normalized spacial score (nSPS) is 10.2. The van der Waals surface area contributed by atoms with Crippen LogP contribution >= 0.6 is 11.3 Å². The molecule has 6 nitrogen and oxygen atoms in total. The van der Waals surface area contributed by atoms with Crippen molar-refractivity contribution in [2.45, 2.75) is 20.3 Å². The summed E-state index contributed by atoms with van der Waals surface area (Å²) in [6.45, 7) is 5.45. The standard InChI is InChI=1S/C19H23N3O3S/c1-3-22(4-2)19(25)14-5-7-16(8-6-14)21-17(23)9-11-20-18(24)15-10-12-26-13-15/h5-8,10,12-13H,3-4,9,11H2,1-2H3,(H,20,24)(H,21,23). The number of thiophene rings is 1. The van der Waals surface area contributed by atoms with E-state index in [-0.39, 0.29) is 30.7 Å². The maximum absolute atomic E-state index is 12.2. The molecular formula is C19H23N3O3S. The Bertz CT molecular complexity index is 738. The van der Waals surface area contributed by atoms with Crippen LogP contribution in [0.25, 0.3) is 0 Å². The van der Waals surface area contributed by atoms with Gasteiger partial charge in [0.2, 0.25) is 5.91 Å². The lowest BCUT2D eigenvalue weighted by Gasteiger charge is -2.18. The molecule has 0 unspecified atom stereocenters. The zero-order valence-electron chi connectivity index (χ0n) is 15.0. The maximum atomic E-state index is 12.2. The SMILES string of the molecule is CCN(CC)C(=O)c1ccc(NC(=O)CCNC(=O)c2ccsc2)cc1. The van der Waals surface area contributed by atoms with Crippen molar-refractivity contribution in [1.29, 1.82) is 0 Å². The van der Waals surface area contributed by atoms with Gasteiger partial charge in [0.05, 0.1) is 0 Å². The van der Waals surface area contributed by atoms with Crippen LogP contribution in [0.5, 0.6) is 0 Å². The fourth-order valence-corrected chi connectivity index (χ4v) is 3.03. The molecule has 0 saturated heterocycles. The molecular weight excluding hydrogens is 350 g/mol. The molecule has 138 valence electrons. The number of amides is 3. The van der Waals surface area contributed by atoms with E-state index >= 15 is 0 Å². The molecule has 0 fully saturated rings. The molecule has 7 heteroatoms. The van der Waals surface area contributed by atoms with Crippen LogP contribution in [0.1, 0.15) is 41.0 Å². The fourth-order valence-electron chi connectivity index (χ4n) is 2.40. The van der Waals surface area contributed by atoms with Gasteiger partial charge in [-0.1, -0.05) is 0 Å². The molecule has 1 heterocycles. The van der Waals surface area contributed by atoms with Gasteiger partial charge in [0.15, 0.2) is 0 Å². The van der Waals surface area contributed by atoms with E-state index in [0.29, 0.717) is 29.9 Å². The highest BCUT2D eigenvalue weighted by Gasteiger charge is 2.12. The second kappa shape index (κ2) is 9.72. The Labute approximate surface area is 157 Å². The van der Waals surface area contributed by atoms with Gasteiger partial charge >= 0.3 is 0 Å². The van der Waals surface area contributed by atoms with Crippen LogP contribution in [-0.4, -0.2) is 42.3 Å². The second-order valence-electron chi connectivity index (χ2n) is 5.62. The lowest BCUT2D eigenvalue weighted by Crippen LogP contribution is -2.30. The van der Waals surface area contributed by atoms with E-state index in [2.05, 4.69) is 10.6 Å². The van der Waals surface area contributed by atoms with Gasteiger partial charge in [0.25, 0.3) is 11.8 Å². The van der Waals surface area contributed by atoms with Gasteiger partial charge in [-0.2, -0.15) is 11.3 Å². The lowest BCUT2D eigenvalue weighted by atomic mass is 10.1. The summed E-state index contributed by atoms with van der Waals surface area (Å²) in [6.07, 6.45) is 0.177. The van der Waals surface area contributed by atoms with Crippen LogP contribution < -0.4 is 10.6 Å². The molecule has 0 saturated carbocycles. The van der Waals surface area contributed by atoms with Gasteiger partial charge < -0.3 is 15.5 Å². The van der Waals surface area contributed by atoms with Crippen LogP contribution in [0.15, 0.2) is 41.1 Å². The Kier molecular flexibility index (Phi) is 7.35. The quantitative estimate of drug-likeness (QED) is 0.747. The lowest BCUT2D eigenvalue weighted by molar-refractivity contribution is -0.116. The van der Waals surface area contributed by atoms with Crippen LogP contribution in [0, 0.1) is 0 Å². The van der Waals surface area contributed by atoms with E-state index in [1.54, 1.807) is 40.6 Å². The number of rotatable bonds is 8. The molecule has 3 amide bonds. The zero-order valence-corrected chi connectivity index (χ0v) is 15.8. The number of nitrogens with one attached hydrogen (secondary N) is 2. The molecule has 0 radical (unpaired) electrons. The Morgan fingerprint density at radius 3 is 2.27 bits per heavy atom. The van der Waals surface area contributed by atoms with Crippen LogP contribution in [-0.2, 0) is 4.79 Å². The van der Waals surface area contributed by atoms with Crippen molar-refractivity contribution in [3.05, 3.63) is 52.2 Å². The monoisotopic (exact) mass is 373 g/mol. The second-order valence-corrected chi connectivity index (χ2v) is 6.40. The van der Waals surface area contributed by atoms with Gasteiger partial charge in [-0.3, -0.25) is 14.4 Å². The van der Waals surface area contributed by atoms with Crippen molar-refractivity contribution < 1.29 is 14.4 Å². The minimum atomic E-state index is -0.196. The molecule has 2 rings (SSSR count). The van der Waals surface area contributed by atoms with E-state index < -0.39 is 0 Å². The fraction of sp³-hybridized carbons (Fsp3) is 0.316. The third kappa shape index (κ3) is 5.42. The highest BCUT2D eigenvalue weighted by Crippen LogP contribution is 2.12. The summed E-state index contributed by atoms with van der Waals surface area (Å²) in [6, 6.07) is 8.56. The molecule has 1 aromatic heterocycles. The van der Waals surface area contributed by atoms with Gasteiger partial charge in [-0.25, -0.2) is 0 Å². The van der Waals surface area contributed by atoms with Gasteiger partial charge in [0.1, 0.15) is 0 Å².